The van der Waals surface area contributed by atoms with E-state index in [-0.39, 0.29) is 18.4 Å². The number of thiazole rings is 1. The van der Waals surface area contributed by atoms with Crippen LogP contribution in [0.3, 0.4) is 0 Å². The molecule has 0 bridgehead atoms. The molecule has 3 aromatic rings. The fourth-order valence-corrected chi connectivity index (χ4v) is 4.20. The molecule has 0 fully saturated rings. The maximum Gasteiger partial charge on any atom is 0.416 e. The molecule has 2 heterocycles. The first-order chi connectivity index (χ1) is 14.7. The molecule has 0 saturated heterocycles. The number of nitrogens with zero attached hydrogens (tertiary/aromatic N) is 1. The number of alkyl halides is 3. The first-order valence-electron chi connectivity index (χ1n) is 9.43. The van der Waals surface area contributed by atoms with Crippen LogP contribution in [0, 0.1) is 5.82 Å². The second-order valence-corrected chi connectivity index (χ2v) is 8.28. The van der Waals surface area contributed by atoms with Gasteiger partial charge in [0, 0.05) is 35.6 Å². The number of aromatic nitrogens is 1. The number of anilines is 2. The number of halogens is 4. The van der Waals surface area contributed by atoms with Crippen molar-refractivity contribution in [2.75, 3.05) is 17.2 Å². The zero-order chi connectivity index (χ0) is 22.2. The van der Waals surface area contributed by atoms with Gasteiger partial charge >= 0.3 is 6.18 Å². The van der Waals surface area contributed by atoms with Crippen LogP contribution in [0.4, 0.5) is 28.4 Å². The van der Waals surface area contributed by atoms with E-state index in [2.05, 4.69) is 15.6 Å². The molecule has 0 saturated carbocycles. The van der Waals surface area contributed by atoms with Gasteiger partial charge in [0.1, 0.15) is 5.82 Å². The standard InChI is InChI=1S/C21H18F4N4OS/c22-19-14(5-6-16-15(19)8-18(30)29-16)17-10-28-20(31-17)27-9-13(26)7-11-1-3-12(4-2-11)21(23,24)25/h1-6,10,13H,7-9,26H2,(H,27,28)(H,29,30). The van der Waals surface area contributed by atoms with Crippen molar-refractivity contribution >= 4 is 28.1 Å². The average Bonchev–Trinajstić information content (AvgIpc) is 3.33. The minimum Gasteiger partial charge on any atom is -0.360 e. The van der Waals surface area contributed by atoms with Crippen LogP contribution in [-0.2, 0) is 23.8 Å². The Kier molecular flexibility index (Phi) is 5.67. The molecule has 0 radical (unpaired) electrons. The summed E-state index contributed by atoms with van der Waals surface area (Å²) in [5.74, 6) is -0.676. The smallest absolute Gasteiger partial charge is 0.360 e. The quantitative estimate of drug-likeness (QED) is 0.485. The molecule has 5 nitrogen and oxygen atoms in total. The van der Waals surface area contributed by atoms with Gasteiger partial charge in [0.05, 0.1) is 16.9 Å². The van der Waals surface area contributed by atoms with Crippen molar-refractivity contribution in [3.05, 3.63) is 65.1 Å². The van der Waals surface area contributed by atoms with Crippen molar-refractivity contribution in [1.29, 1.82) is 0 Å². The molecule has 31 heavy (non-hydrogen) atoms. The molecule has 4 rings (SSSR count). The highest BCUT2D eigenvalue weighted by atomic mass is 32.1. The predicted molar refractivity (Wildman–Crippen MR) is 111 cm³/mol. The third-order valence-electron chi connectivity index (χ3n) is 4.92. The van der Waals surface area contributed by atoms with Crippen molar-refractivity contribution in [3.63, 3.8) is 0 Å². The molecule has 0 spiro atoms. The van der Waals surface area contributed by atoms with Crippen LogP contribution >= 0.6 is 11.3 Å². The van der Waals surface area contributed by atoms with Crippen LogP contribution in [0.15, 0.2) is 42.6 Å². The van der Waals surface area contributed by atoms with Crippen molar-refractivity contribution in [1.82, 2.24) is 4.98 Å². The number of benzene rings is 2. The molecule has 1 unspecified atom stereocenters. The highest BCUT2D eigenvalue weighted by Gasteiger charge is 2.30. The van der Waals surface area contributed by atoms with Gasteiger partial charge in [-0.05, 0) is 36.2 Å². The van der Waals surface area contributed by atoms with E-state index in [1.165, 1.54) is 23.5 Å². The molecular formula is C21H18F4N4OS. The summed E-state index contributed by atoms with van der Waals surface area (Å²) in [5.41, 5.74) is 7.30. The number of hydrogen-bond donors (Lipinski definition) is 3. The van der Waals surface area contributed by atoms with Gasteiger partial charge in [-0.1, -0.05) is 23.5 Å². The molecule has 10 heteroatoms. The monoisotopic (exact) mass is 450 g/mol. The Morgan fingerprint density at radius 1 is 1.19 bits per heavy atom. The van der Waals surface area contributed by atoms with Crippen molar-refractivity contribution in [2.24, 2.45) is 5.73 Å². The lowest BCUT2D eigenvalue weighted by Gasteiger charge is -2.13. The van der Waals surface area contributed by atoms with Gasteiger partial charge in [-0.2, -0.15) is 13.2 Å². The second kappa shape index (κ2) is 8.27. The Labute approximate surface area is 179 Å². The van der Waals surface area contributed by atoms with E-state index in [1.54, 1.807) is 18.3 Å². The van der Waals surface area contributed by atoms with E-state index < -0.39 is 17.6 Å². The van der Waals surface area contributed by atoms with Gasteiger partial charge in [-0.25, -0.2) is 9.37 Å². The summed E-state index contributed by atoms with van der Waals surface area (Å²) in [6, 6.07) is 7.84. The molecule has 0 aliphatic carbocycles. The molecule has 1 atom stereocenters. The van der Waals surface area contributed by atoms with Crippen LogP contribution in [0.2, 0.25) is 0 Å². The second-order valence-electron chi connectivity index (χ2n) is 7.25. The Morgan fingerprint density at radius 3 is 2.65 bits per heavy atom. The number of hydrogen-bond acceptors (Lipinski definition) is 5. The first-order valence-corrected chi connectivity index (χ1v) is 10.3. The number of carbonyl (C=O) groups is 1. The minimum atomic E-state index is -4.37. The molecule has 1 aliphatic rings. The summed E-state index contributed by atoms with van der Waals surface area (Å²) in [7, 11) is 0. The van der Waals surface area contributed by atoms with E-state index in [1.807, 2.05) is 0 Å². The van der Waals surface area contributed by atoms with Gasteiger partial charge in [-0.15, -0.1) is 0 Å². The maximum atomic E-state index is 14.8. The molecule has 4 N–H and O–H groups in total. The third kappa shape index (κ3) is 4.70. The van der Waals surface area contributed by atoms with Crippen molar-refractivity contribution in [3.8, 4) is 10.4 Å². The van der Waals surface area contributed by atoms with Crippen LogP contribution in [0.1, 0.15) is 16.7 Å². The minimum absolute atomic E-state index is 0.0116. The lowest BCUT2D eigenvalue weighted by atomic mass is 10.0. The summed E-state index contributed by atoms with van der Waals surface area (Å²) < 4.78 is 52.7. The molecule has 1 amide bonds. The highest BCUT2D eigenvalue weighted by Crippen LogP contribution is 2.36. The van der Waals surface area contributed by atoms with E-state index >= 15 is 0 Å². The number of nitrogens with one attached hydrogen (secondary N) is 2. The zero-order valence-corrected chi connectivity index (χ0v) is 16.9. The third-order valence-corrected chi connectivity index (χ3v) is 5.91. The van der Waals surface area contributed by atoms with E-state index in [4.69, 9.17) is 5.73 Å². The summed E-state index contributed by atoms with van der Waals surface area (Å²) in [6.07, 6.45) is -2.42. The predicted octanol–water partition coefficient (Wildman–Crippen LogP) is 4.44. The molecule has 1 aromatic heterocycles. The van der Waals surface area contributed by atoms with Gasteiger partial charge in [-0.3, -0.25) is 4.79 Å². The number of carbonyl (C=O) groups excluding carboxylic acids is 1. The maximum absolute atomic E-state index is 14.8. The Balaban J connectivity index is 1.37. The summed E-state index contributed by atoms with van der Waals surface area (Å²) in [5, 5.41) is 6.24. The fraction of sp³-hybridized carbons (Fsp3) is 0.238. The topological polar surface area (TPSA) is 80.0 Å². The number of nitrogens with two attached hydrogens (primary N) is 1. The van der Waals surface area contributed by atoms with Crippen LogP contribution < -0.4 is 16.4 Å². The lowest BCUT2D eigenvalue weighted by Crippen LogP contribution is -2.31. The largest absolute Gasteiger partial charge is 0.416 e. The lowest BCUT2D eigenvalue weighted by molar-refractivity contribution is -0.137. The van der Waals surface area contributed by atoms with E-state index in [0.717, 1.165) is 12.1 Å². The van der Waals surface area contributed by atoms with Gasteiger partial charge in [0.2, 0.25) is 5.91 Å². The molecule has 162 valence electrons. The number of fused-ring (bicyclic) bond motifs is 1. The summed E-state index contributed by atoms with van der Waals surface area (Å²) in [4.78, 5) is 16.3. The molecular weight excluding hydrogens is 432 g/mol. The number of rotatable bonds is 6. The van der Waals surface area contributed by atoms with Gasteiger partial charge < -0.3 is 16.4 Å². The summed E-state index contributed by atoms with van der Waals surface area (Å²) in [6.45, 7) is 0.346. The zero-order valence-electron chi connectivity index (χ0n) is 16.1. The fourth-order valence-electron chi connectivity index (χ4n) is 3.36. The van der Waals surface area contributed by atoms with E-state index in [9.17, 15) is 22.4 Å². The van der Waals surface area contributed by atoms with Gasteiger partial charge in [0.15, 0.2) is 5.13 Å². The van der Waals surface area contributed by atoms with Crippen LogP contribution in [0.25, 0.3) is 10.4 Å². The summed E-state index contributed by atoms with van der Waals surface area (Å²) >= 11 is 1.25. The van der Waals surface area contributed by atoms with Crippen LogP contribution in [0.5, 0.6) is 0 Å². The number of amides is 1. The Morgan fingerprint density at radius 2 is 1.94 bits per heavy atom. The first kappa shape index (κ1) is 21.3. The highest BCUT2D eigenvalue weighted by molar-refractivity contribution is 7.18. The normalized spacial score (nSPS) is 14.3. The molecule has 2 aromatic carbocycles. The average molecular weight is 450 g/mol. The van der Waals surface area contributed by atoms with Crippen molar-refractivity contribution in [2.45, 2.75) is 25.1 Å². The SMILES string of the molecule is NC(CNc1ncc(-c2ccc3c(c2F)CC(=O)N3)s1)Cc1ccc(C(F)(F)F)cc1. The van der Waals surface area contributed by atoms with E-state index in [0.29, 0.717) is 45.4 Å². The van der Waals surface area contributed by atoms with Gasteiger partial charge in [0.25, 0.3) is 0 Å². The Bertz CT molecular complexity index is 1110. The Hall–Kier alpha value is -2.98. The van der Waals surface area contributed by atoms with Crippen LogP contribution in [-0.4, -0.2) is 23.5 Å². The molecule has 1 aliphatic heterocycles. The van der Waals surface area contributed by atoms with Crippen molar-refractivity contribution < 1.29 is 22.4 Å².